The molecule has 4 atom stereocenters. The predicted octanol–water partition coefficient (Wildman–Crippen LogP) is 2.75. The Balaban J connectivity index is 0.00000272. The monoisotopic (exact) mass is 557 g/mol. The number of fused-ring (bicyclic) bond motifs is 5. The van der Waals surface area contributed by atoms with Crippen LogP contribution in [0.5, 0.6) is 0 Å². The van der Waals surface area contributed by atoms with E-state index in [9.17, 15) is 9.59 Å². The molecule has 1 saturated carbocycles. The van der Waals surface area contributed by atoms with E-state index in [1.165, 1.54) is 9.91 Å². The topological polar surface area (TPSA) is 86.7 Å². The number of guanidine groups is 1. The number of carbonyl (C=O) groups is 2. The summed E-state index contributed by atoms with van der Waals surface area (Å²) in [6.07, 6.45) is 9.14. The van der Waals surface area contributed by atoms with Crippen LogP contribution in [-0.2, 0) is 16.0 Å². The van der Waals surface area contributed by atoms with Crippen LogP contribution in [0.3, 0.4) is 0 Å². The average molecular weight is 558 g/mol. The van der Waals surface area contributed by atoms with Gasteiger partial charge >= 0.3 is 0 Å². The van der Waals surface area contributed by atoms with Crippen LogP contribution in [0.1, 0.15) is 36.4 Å². The van der Waals surface area contributed by atoms with E-state index >= 15 is 0 Å². The molecule has 2 fully saturated rings. The van der Waals surface area contributed by atoms with Crippen molar-refractivity contribution in [1.29, 1.82) is 0 Å². The fourth-order valence-electron chi connectivity index (χ4n) is 4.97. The molecule has 1 saturated heterocycles. The van der Waals surface area contributed by atoms with Crippen LogP contribution in [-0.4, -0.2) is 54.3 Å². The van der Waals surface area contributed by atoms with E-state index in [-0.39, 0.29) is 59.5 Å². The van der Waals surface area contributed by atoms with Crippen LogP contribution in [0.15, 0.2) is 22.5 Å². The molecule has 2 heterocycles. The summed E-state index contributed by atoms with van der Waals surface area (Å²) in [5.74, 6) is 1.22. The highest BCUT2D eigenvalue weighted by Gasteiger charge is 2.58. The smallest absolute Gasteiger partial charge is 0.233 e. The van der Waals surface area contributed by atoms with E-state index in [0.717, 1.165) is 50.3 Å². The van der Waals surface area contributed by atoms with Gasteiger partial charge in [0.2, 0.25) is 11.8 Å². The second-order valence-electron chi connectivity index (χ2n) is 8.45. The Kier molecular flexibility index (Phi) is 8.49. The molecule has 3 aliphatic rings. The van der Waals surface area contributed by atoms with Crippen LogP contribution in [0.25, 0.3) is 0 Å². The number of nitrogens with one attached hydrogen (secondary N) is 2. The van der Waals surface area contributed by atoms with Crippen LogP contribution in [0, 0.1) is 30.6 Å². The van der Waals surface area contributed by atoms with Crippen molar-refractivity contribution < 1.29 is 9.59 Å². The van der Waals surface area contributed by atoms with E-state index < -0.39 is 0 Å². The van der Waals surface area contributed by atoms with E-state index in [0.29, 0.717) is 13.1 Å². The summed E-state index contributed by atoms with van der Waals surface area (Å²) in [6, 6.07) is 0. The molecule has 0 spiro atoms. The van der Waals surface area contributed by atoms with Gasteiger partial charge in [-0.15, -0.1) is 35.3 Å². The number of allylic oxidation sites excluding steroid dienone is 2. The molecule has 2 N–H and O–H groups in total. The largest absolute Gasteiger partial charge is 0.356 e. The van der Waals surface area contributed by atoms with Crippen molar-refractivity contribution in [2.45, 2.75) is 39.0 Å². The molecular formula is C22H32IN5O2S. The number of imide groups is 1. The van der Waals surface area contributed by atoms with Gasteiger partial charge < -0.3 is 10.6 Å². The number of hydrogen-bond acceptors (Lipinski definition) is 5. The molecule has 1 aliphatic heterocycles. The molecule has 7 nitrogen and oxygen atoms in total. The lowest BCUT2D eigenvalue weighted by atomic mass is 9.85. The van der Waals surface area contributed by atoms with Crippen molar-refractivity contribution in [2.75, 3.05) is 26.7 Å². The lowest BCUT2D eigenvalue weighted by Crippen LogP contribution is -2.40. The minimum absolute atomic E-state index is 0. The SMILES string of the molecule is CN=C(NCCCCc1nc(C)cs1)NCCCN1C(=O)C2C3C=CC(C3)C2C1=O.I. The molecule has 0 aromatic carbocycles. The third-order valence-corrected chi connectivity index (χ3v) is 7.44. The van der Waals surface area contributed by atoms with Crippen molar-refractivity contribution in [3.63, 3.8) is 0 Å². The number of halogens is 1. The number of likely N-dealkylation sites (tertiary alicyclic amines) is 1. The Hall–Kier alpha value is -1.49. The van der Waals surface area contributed by atoms with Gasteiger partial charge in [0.1, 0.15) is 0 Å². The molecule has 31 heavy (non-hydrogen) atoms. The Bertz CT molecular complexity index is 825. The lowest BCUT2D eigenvalue weighted by molar-refractivity contribution is -0.140. The van der Waals surface area contributed by atoms with E-state index in [2.05, 4.69) is 38.1 Å². The van der Waals surface area contributed by atoms with Gasteiger partial charge in [0.05, 0.1) is 16.8 Å². The van der Waals surface area contributed by atoms with Crippen LogP contribution < -0.4 is 10.6 Å². The van der Waals surface area contributed by atoms with Gasteiger partial charge in [-0.3, -0.25) is 19.5 Å². The number of aryl methyl sites for hydroxylation is 2. The van der Waals surface area contributed by atoms with Crippen LogP contribution in [0.2, 0.25) is 0 Å². The number of amides is 2. The molecule has 2 aliphatic carbocycles. The standard InChI is InChI=1S/C22H31N5O2S.HI/c1-14-13-30-17(26-14)6-3-4-9-24-22(23-2)25-10-5-11-27-20(28)18-15-7-8-16(12-15)19(18)21(27)29;/h7-8,13,15-16,18-19H,3-6,9-12H2,1-2H3,(H2,23,24,25);1H. The van der Waals surface area contributed by atoms with Gasteiger partial charge in [-0.1, -0.05) is 12.2 Å². The number of aliphatic imine (C=N–C) groups is 1. The minimum atomic E-state index is -0.0943. The van der Waals surface area contributed by atoms with Crippen molar-refractivity contribution in [2.24, 2.45) is 28.7 Å². The zero-order valence-electron chi connectivity index (χ0n) is 18.2. The summed E-state index contributed by atoms with van der Waals surface area (Å²) in [6.45, 7) is 4.04. The summed E-state index contributed by atoms with van der Waals surface area (Å²) >= 11 is 1.73. The summed E-state index contributed by atoms with van der Waals surface area (Å²) in [5, 5.41) is 9.90. The predicted molar refractivity (Wildman–Crippen MR) is 134 cm³/mol. The molecule has 1 aromatic rings. The highest BCUT2D eigenvalue weighted by atomic mass is 127. The van der Waals surface area contributed by atoms with Crippen molar-refractivity contribution >= 4 is 53.1 Å². The van der Waals surface area contributed by atoms with Gasteiger partial charge in [0, 0.05) is 37.8 Å². The minimum Gasteiger partial charge on any atom is -0.356 e. The Morgan fingerprint density at radius 1 is 1.13 bits per heavy atom. The van der Waals surface area contributed by atoms with Gasteiger partial charge in [-0.2, -0.15) is 0 Å². The van der Waals surface area contributed by atoms with Crippen LogP contribution >= 0.6 is 35.3 Å². The summed E-state index contributed by atoms with van der Waals surface area (Å²) < 4.78 is 0. The number of rotatable bonds is 9. The molecule has 170 valence electrons. The van der Waals surface area contributed by atoms with Crippen molar-refractivity contribution in [1.82, 2.24) is 20.5 Å². The fourth-order valence-corrected chi connectivity index (χ4v) is 5.79. The Morgan fingerprint density at radius 2 is 1.77 bits per heavy atom. The molecule has 1 aromatic heterocycles. The maximum atomic E-state index is 12.7. The molecule has 0 radical (unpaired) electrons. The molecule has 4 rings (SSSR count). The van der Waals surface area contributed by atoms with Gasteiger partial charge in [0.25, 0.3) is 0 Å². The van der Waals surface area contributed by atoms with Gasteiger partial charge in [0.15, 0.2) is 5.96 Å². The number of nitrogens with zero attached hydrogens (tertiary/aromatic N) is 3. The lowest BCUT2D eigenvalue weighted by Gasteiger charge is -2.18. The zero-order valence-corrected chi connectivity index (χ0v) is 21.3. The number of unbranched alkanes of at least 4 members (excludes halogenated alkanes) is 1. The zero-order chi connectivity index (χ0) is 21.1. The molecule has 2 bridgehead atoms. The third-order valence-electron chi connectivity index (χ3n) is 6.41. The fraction of sp³-hybridized carbons (Fsp3) is 0.636. The first-order valence-corrected chi connectivity index (χ1v) is 11.9. The number of hydrogen-bond donors (Lipinski definition) is 2. The number of aromatic nitrogens is 1. The Labute approximate surface area is 205 Å². The Morgan fingerprint density at radius 3 is 2.35 bits per heavy atom. The first-order chi connectivity index (χ1) is 14.6. The maximum absolute atomic E-state index is 12.7. The molecule has 4 unspecified atom stereocenters. The van der Waals surface area contributed by atoms with E-state index in [1.54, 1.807) is 18.4 Å². The maximum Gasteiger partial charge on any atom is 0.233 e. The van der Waals surface area contributed by atoms with Gasteiger partial charge in [-0.05, 0) is 50.9 Å². The summed E-state index contributed by atoms with van der Waals surface area (Å²) in [5.41, 5.74) is 1.10. The molecule has 9 heteroatoms. The number of thiazole rings is 1. The van der Waals surface area contributed by atoms with Crippen molar-refractivity contribution in [3.8, 4) is 0 Å². The summed E-state index contributed by atoms with van der Waals surface area (Å²) in [4.78, 5) is 35.6. The first kappa shape index (κ1) is 24.2. The summed E-state index contributed by atoms with van der Waals surface area (Å²) in [7, 11) is 1.76. The second-order valence-corrected chi connectivity index (χ2v) is 9.39. The third kappa shape index (κ3) is 5.30. The van der Waals surface area contributed by atoms with Gasteiger partial charge in [-0.25, -0.2) is 4.98 Å². The van der Waals surface area contributed by atoms with E-state index in [4.69, 9.17) is 0 Å². The quantitative estimate of drug-likeness (QED) is 0.122. The molecule has 2 amide bonds. The van der Waals surface area contributed by atoms with Crippen molar-refractivity contribution in [3.05, 3.63) is 28.2 Å². The van der Waals surface area contributed by atoms with Crippen LogP contribution in [0.4, 0.5) is 0 Å². The first-order valence-electron chi connectivity index (χ1n) is 11.0. The second kappa shape index (κ2) is 10.9. The normalized spacial score (nSPS) is 26.4. The molecular weight excluding hydrogens is 525 g/mol. The van der Waals surface area contributed by atoms with E-state index in [1.807, 2.05) is 6.92 Å². The average Bonchev–Trinajstić information content (AvgIpc) is 3.50. The highest BCUT2D eigenvalue weighted by molar-refractivity contribution is 14.0. The number of carbonyl (C=O) groups excluding carboxylic acids is 2. The highest BCUT2D eigenvalue weighted by Crippen LogP contribution is 2.52.